The van der Waals surface area contributed by atoms with E-state index >= 15 is 0 Å². The number of nitrogens with zero attached hydrogens (tertiary/aromatic N) is 1. The SMILES string of the molecule is CC(C)(CC1(OC=O)CCOC1)c1cc(NC=O)on1. The molecule has 1 unspecified atom stereocenters. The maximum absolute atomic E-state index is 10.7. The fourth-order valence-electron chi connectivity index (χ4n) is 2.58. The van der Waals surface area contributed by atoms with E-state index in [2.05, 4.69) is 10.5 Å². The van der Waals surface area contributed by atoms with Crippen LogP contribution in [0.4, 0.5) is 5.88 Å². The molecule has 0 radical (unpaired) electrons. The van der Waals surface area contributed by atoms with Gasteiger partial charge in [0, 0.05) is 24.3 Å². The summed E-state index contributed by atoms with van der Waals surface area (Å²) in [5, 5.41) is 6.37. The van der Waals surface area contributed by atoms with Crippen molar-refractivity contribution in [3.8, 4) is 0 Å². The third-order valence-corrected chi connectivity index (χ3v) is 3.53. The van der Waals surface area contributed by atoms with Gasteiger partial charge in [0.2, 0.25) is 12.3 Å². The minimum Gasteiger partial charge on any atom is -0.459 e. The van der Waals surface area contributed by atoms with E-state index in [9.17, 15) is 9.59 Å². The van der Waals surface area contributed by atoms with E-state index in [1.807, 2.05) is 13.8 Å². The van der Waals surface area contributed by atoms with Gasteiger partial charge in [-0.15, -0.1) is 0 Å². The smallest absolute Gasteiger partial charge is 0.293 e. The number of ether oxygens (including phenoxy) is 2. The highest BCUT2D eigenvalue weighted by Crippen LogP contribution is 2.38. The fourth-order valence-corrected chi connectivity index (χ4v) is 2.58. The van der Waals surface area contributed by atoms with Gasteiger partial charge in [0.1, 0.15) is 5.60 Å². The van der Waals surface area contributed by atoms with Gasteiger partial charge in [-0.1, -0.05) is 19.0 Å². The number of amides is 1. The first kappa shape index (κ1) is 14.5. The zero-order valence-corrected chi connectivity index (χ0v) is 11.5. The summed E-state index contributed by atoms with van der Waals surface area (Å²) in [5.41, 5.74) is -0.325. The zero-order chi connectivity index (χ0) is 14.6. The van der Waals surface area contributed by atoms with Crippen molar-refractivity contribution < 1.29 is 23.6 Å². The normalized spacial score (nSPS) is 22.5. The van der Waals surface area contributed by atoms with Crippen LogP contribution < -0.4 is 5.32 Å². The van der Waals surface area contributed by atoms with Gasteiger partial charge >= 0.3 is 0 Å². The molecule has 110 valence electrons. The van der Waals surface area contributed by atoms with Gasteiger partial charge in [-0.05, 0) is 0 Å². The predicted octanol–water partition coefficient (Wildman–Crippen LogP) is 1.24. The summed E-state index contributed by atoms with van der Waals surface area (Å²) < 4.78 is 15.6. The topological polar surface area (TPSA) is 90.7 Å². The van der Waals surface area contributed by atoms with Gasteiger partial charge in [0.25, 0.3) is 6.47 Å². The molecule has 1 aromatic rings. The Balaban J connectivity index is 2.15. The average Bonchev–Trinajstić information content (AvgIpc) is 3.00. The number of hydrogen-bond donors (Lipinski definition) is 1. The number of hydrogen-bond acceptors (Lipinski definition) is 6. The van der Waals surface area contributed by atoms with Crippen LogP contribution in [0.25, 0.3) is 0 Å². The molecule has 7 heteroatoms. The zero-order valence-electron chi connectivity index (χ0n) is 11.5. The summed E-state index contributed by atoms with van der Waals surface area (Å²) in [6.07, 6.45) is 1.75. The van der Waals surface area contributed by atoms with E-state index in [4.69, 9.17) is 14.0 Å². The Kier molecular flexibility index (Phi) is 4.08. The molecule has 0 bridgehead atoms. The van der Waals surface area contributed by atoms with Crippen molar-refractivity contribution in [2.75, 3.05) is 18.5 Å². The Bertz CT molecular complexity index is 477. The highest BCUT2D eigenvalue weighted by atomic mass is 16.6. The van der Waals surface area contributed by atoms with Crippen molar-refractivity contribution >= 4 is 18.8 Å². The maximum Gasteiger partial charge on any atom is 0.293 e. The molecule has 2 rings (SSSR count). The van der Waals surface area contributed by atoms with Gasteiger partial charge in [-0.2, -0.15) is 0 Å². The molecular formula is C13H18N2O5. The average molecular weight is 282 g/mol. The minimum atomic E-state index is -0.623. The van der Waals surface area contributed by atoms with Crippen molar-refractivity contribution in [1.29, 1.82) is 0 Å². The molecular weight excluding hydrogens is 264 g/mol. The highest BCUT2D eigenvalue weighted by Gasteiger charge is 2.43. The van der Waals surface area contributed by atoms with Gasteiger partial charge in [-0.25, -0.2) is 0 Å². The molecule has 0 aromatic carbocycles. The van der Waals surface area contributed by atoms with Crippen molar-refractivity contribution in [2.24, 2.45) is 0 Å². The number of nitrogens with one attached hydrogen (secondary N) is 1. The Morgan fingerprint density at radius 3 is 2.95 bits per heavy atom. The van der Waals surface area contributed by atoms with Crippen LogP contribution in [0.2, 0.25) is 0 Å². The Morgan fingerprint density at radius 2 is 2.35 bits per heavy atom. The lowest BCUT2D eigenvalue weighted by Crippen LogP contribution is -2.39. The molecule has 1 saturated heterocycles. The van der Waals surface area contributed by atoms with E-state index in [1.54, 1.807) is 6.07 Å². The predicted molar refractivity (Wildman–Crippen MR) is 69.1 cm³/mol. The number of anilines is 1. The molecule has 20 heavy (non-hydrogen) atoms. The summed E-state index contributed by atoms with van der Waals surface area (Å²) in [5.74, 6) is 0.288. The van der Waals surface area contributed by atoms with E-state index in [1.165, 1.54) is 0 Å². The Hall–Kier alpha value is -1.89. The molecule has 1 aliphatic rings. The molecule has 1 atom stereocenters. The van der Waals surface area contributed by atoms with Gasteiger partial charge < -0.3 is 14.0 Å². The van der Waals surface area contributed by atoms with Crippen LogP contribution >= 0.6 is 0 Å². The molecule has 1 aromatic heterocycles. The number of carbonyl (C=O) groups is 2. The van der Waals surface area contributed by atoms with E-state index < -0.39 is 5.60 Å². The Morgan fingerprint density at radius 1 is 1.55 bits per heavy atom. The van der Waals surface area contributed by atoms with Crippen molar-refractivity contribution in [3.05, 3.63) is 11.8 Å². The second kappa shape index (κ2) is 5.62. The third kappa shape index (κ3) is 2.98. The summed E-state index contributed by atoms with van der Waals surface area (Å²) in [6, 6.07) is 1.67. The van der Waals surface area contributed by atoms with E-state index in [-0.39, 0.29) is 11.3 Å². The van der Waals surface area contributed by atoms with E-state index in [0.717, 1.165) is 0 Å². The first-order valence-electron chi connectivity index (χ1n) is 6.38. The van der Waals surface area contributed by atoms with Crippen LogP contribution in [0, 0.1) is 0 Å². The first-order valence-corrected chi connectivity index (χ1v) is 6.38. The molecule has 1 fully saturated rings. The third-order valence-electron chi connectivity index (χ3n) is 3.53. The second-order valence-electron chi connectivity index (χ2n) is 5.60. The van der Waals surface area contributed by atoms with Crippen molar-refractivity contribution in [3.63, 3.8) is 0 Å². The molecule has 1 aliphatic heterocycles. The van der Waals surface area contributed by atoms with Gasteiger partial charge in [0.05, 0.1) is 18.9 Å². The fraction of sp³-hybridized carbons (Fsp3) is 0.615. The van der Waals surface area contributed by atoms with Crippen LogP contribution in [-0.4, -0.2) is 36.9 Å². The van der Waals surface area contributed by atoms with Gasteiger partial charge in [-0.3, -0.25) is 14.9 Å². The number of aromatic nitrogens is 1. The molecule has 0 saturated carbocycles. The van der Waals surface area contributed by atoms with Crippen LogP contribution in [0.15, 0.2) is 10.6 Å². The lowest BCUT2D eigenvalue weighted by atomic mass is 9.77. The molecule has 0 aliphatic carbocycles. The summed E-state index contributed by atoms with van der Waals surface area (Å²) in [7, 11) is 0. The van der Waals surface area contributed by atoms with Crippen LogP contribution in [0.3, 0.4) is 0 Å². The second-order valence-corrected chi connectivity index (χ2v) is 5.60. The summed E-state index contributed by atoms with van der Waals surface area (Å²) >= 11 is 0. The van der Waals surface area contributed by atoms with Crippen LogP contribution in [-0.2, 0) is 24.5 Å². The van der Waals surface area contributed by atoms with E-state index in [0.29, 0.717) is 44.6 Å². The van der Waals surface area contributed by atoms with Crippen molar-refractivity contribution in [1.82, 2.24) is 5.16 Å². The lowest BCUT2D eigenvalue weighted by molar-refractivity contribution is -0.145. The summed E-state index contributed by atoms with van der Waals surface area (Å²) in [6.45, 7) is 5.37. The lowest BCUT2D eigenvalue weighted by Gasteiger charge is -2.33. The molecule has 1 amide bonds. The standard InChI is InChI=1S/C13H18N2O5/c1-12(2,10-5-11(14-8-16)20-15-10)6-13(19-9-17)3-4-18-7-13/h5,8-9H,3-4,6-7H2,1-2H3,(H,14,16). The largest absolute Gasteiger partial charge is 0.459 e. The number of rotatable bonds is 7. The summed E-state index contributed by atoms with van der Waals surface area (Å²) in [4.78, 5) is 21.1. The maximum atomic E-state index is 10.7. The highest BCUT2D eigenvalue weighted by molar-refractivity contribution is 5.67. The van der Waals surface area contributed by atoms with Crippen LogP contribution in [0.1, 0.15) is 32.4 Å². The molecule has 0 spiro atoms. The van der Waals surface area contributed by atoms with Crippen molar-refractivity contribution in [2.45, 2.75) is 37.7 Å². The molecule has 2 heterocycles. The first-order chi connectivity index (χ1) is 9.51. The molecule has 7 nitrogen and oxygen atoms in total. The van der Waals surface area contributed by atoms with Crippen LogP contribution in [0.5, 0.6) is 0 Å². The Labute approximate surface area is 116 Å². The minimum absolute atomic E-state index is 0.288. The number of carbonyl (C=O) groups excluding carboxylic acids is 2. The monoisotopic (exact) mass is 282 g/mol. The molecule has 1 N–H and O–H groups in total. The van der Waals surface area contributed by atoms with Gasteiger partial charge in [0.15, 0.2) is 0 Å². The quantitative estimate of drug-likeness (QED) is 0.757.